The molecule has 0 rings (SSSR count). The molecule has 0 aromatic heterocycles. The lowest BCUT2D eigenvalue weighted by atomic mass is 10.4. The Balaban J connectivity index is 3.94. The molecule has 3 heteroatoms. The smallest absolute Gasteiger partial charge is 0.231 e. The van der Waals surface area contributed by atoms with Crippen molar-refractivity contribution in [3.63, 3.8) is 0 Å². The summed E-state index contributed by atoms with van der Waals surface area (Å²) in [7, 11) is 0. The quantitative estimate of drug-likeness (QED) is 0.443. The van der Waals surface area contributed by atoms with Crippen molar-refractivity contribution in [2.45, 2.75) is 26.7 Å². The van der Waals surface area contributed by atoms with Crippen LogP contribution in [0.2, 0.25) is 0 Å². The SMILES string of the molecule is C=N/C=C(\N=C/CCC)OCC. The van der Waals surface area contributed by atoms with Gasteiger partial charge in [0.2, 0.25) is 5.88 Å². The van der Waals surface area contributed by atoms with Crippen molar-refractivity contribution in [2.24, 2.45) is 9.98 Å². The number of hydrogen-bond acceptors (Lipinski definition) is 3. The minimum absolute atomic E-state index is 0.529. The molecule has 0 unspecified atom stereocenters. The van der Waals surface area contributed by atoms with Crippen molar-refractivity contribution in [3.8, 4) is 0 Å². The number of nitrogens with zero attached hydrogens (tertiary/aromatic N) is 2. The highest BCUT2D eigenvalue weighted by Gasteiger charge is 1.89. The van der Waals surface area contributed by atoms with Crippen molar-refractivity contribution in [3.05, 3.63) is 12.1 Å². The van der Waals surface area contributed by atoms with Gasteiger partial charge in [-0.15, -0.1) is 0 Å². The molecular formula is C9H16N2O. The van der Waals surface area contributed by atoms with Crippen LogP contribution in [0.1, 0.15) is 26.7 Å². The van der Waals surface area contributed by atoms with Gasteiger partial charge in [0, 0.05) is 6.21 Å². The Morgan fingerprint density at radius 2 is 2.25 bits per heavy atom. The maximum Gasteiger partial charge on any atom is 0.231 e. The molecule has 12 heavy (non-hydrogen) atoms. The van der Waals surface area contributed by atoms with Crippen molar-refractivity contribution in [1.29, 1.82) is 0 Å². The van der Waals surface area contributed by atoms with Crippen LogP contribution in [0.25, 0.3) is 0 Å². The molecule has 0 fully saturated rings. The van der Waals surface area contributed by atoms with E-state index >= 15 is 0 Å². The summed E-state index contributed by atoms with van der Waals surface area (Å²) in [5, 5.41) is 0. The Bertz CT molecular complexity index is 173. The van der Waals surface area contributed by atoms with Gasteiger partial charge < -0.3 is 4.74 Å². The lowest BCUT2D eigenvalue weighted by Crippen LogP contribution is -1.88. The van der Waals surface area contributed by atoms with Crippen LogP contribution in [0.5, 0.6) is 0 Å². The average Bonchev–Trinajstić information content (AvgIpc) is 2.06. The van der Waals surface area contributed by atoms with Gasteiger partial charge in [-0.1, -0.05) is 13.3 Å². The summed E-state index contributed by atoms with van der Waals surface area (Å²) in [6.45, 7) is 7.94. The molecule has 0 aliphatic rings. The van der Waals surface area contributed by atoms with Crippen LogP contribution >= 0.6 is 0 Å². The van der Waals surface area contributed by atoms with Gasteiger partial charge in [-0.2, -0.15) is 0 Å². The summed E-state index contributed by atoms with van der Waals surface area (Å²) < 4.78 is 5.16. The zero-order chi connectivity index (χ0) is 9.23. The van der Waals surface area contributed by atoms with Crippen LogP contribution in [0.4, 0.5) is 0 Å². The minimum Gasteiger partial charge on any atom is -0.477 e. The van der Waals surface area contributed by atoms with Crippen LogP contribution < -0.4 is 0 Å². The van der Waals surface area contributed by atoms with Crippen LogP contribution in [-0.4, -0.2) is 19.5 Å². The van der Waals surface area contributed by atoms with Gasteiger partial charge in [0.15, 0.2) is 0 Å². The van der Waals surface area contributed by atoms with E-state index in [1.54, 1.807) is 0 Å². The summed E-state index contributed by atoms with van der Waals surface area (Å²) in [6, 6.07) is 0. The summed E-state index contributed by atoms with van der Waals surface area (Å²) in [5.74, 6) is 0.529. The highest BCUT2D eigenvalue weighted by Crippen LogP contribution is 1.98. The average molecular weight is 168 g/mol. The molecule has 0 N–H and O–H groups in total. The number of ether oxygens (including phenoxy) is 1. The lowest BCUT2D eigenvalue weighted by Gasteiger charge is -1.99. The van der Waals surface area contributed by atoms with Gasteiger partial charge in [0.1, 0.15) is 0 Å². The summed E-state index contributed by atoms with van der Waals surface area (Å²) in [5.41, 5.74) is 0. The zero-order valence-electron chi connectivity index (χ0n) is 7.79. The van der Waals surface area contributed by atoms with Crippen LogP contribution in [-0.2, 0) is 4.74 Å². The summed E-state index contributed by atoms with van der Waals surface area (Å²) >= 11 is 0. The minimum atomic E-state index is 0.529. The lowest BCUT2D eigenvalue weighted by molar-refractivity contribution is 0.226. The molecule has 0 saturated heterocycles. The molecule has 3 nitrogen and oxygen atoms in total. The molecule has 0 amide bonds. The van der Waals surface area contributed by atoms with Crippen LogP contribution in [0, 0.1) is 0 Å². The molecule has 0 aliphatic carbocycles. The maximum atomic E-state index is 5.16. The van der Waals surface area contributed by atoms with Gasteiger partial charge in [-0.3, -0.25) is 4.99 Å². The van der Waals surface area contributed by atoms with E-state index in [0.29, 0.717) is 12.5 Å². The second kappa shape index (κ2) is 7.98. The fraction of sp³-hybridized carbons (Fsp3) is 0.556. The standard InChI is InChI=1S/C9H16N2O/c1-4-6-7-11-9(8-10-3)12-5-2/h7-8H,3-6H2,1-2H3/b9-8+,11-7-. The highest BCUT2D eigenvalue weighted by molar-refractivity contribution is 5.58. The Labute approximate surface area is 73.9 Å². The topological polar surface area (TPSA) is 34.0 Å². The third-order valence-electron chi connectivity index (χ3n) is 1.13. The molecule has 68 valence electrons. The first-order valence-electron chi connectivity index (χ1n) is 4.16. The maximum absolute atomic E-state index is 5.16. The Morgan fingerprint density at radius 1 is 1.50 bits per heavy atom. The van der Waals surface area contributed by atoms with Gasteiger partial charge in [-0.25, -0.2) is 4.99 Å². The molecule has 0 saturated carbocycles. The van der Waals surface area contributed by atoms with E-state index in [-0.39, 0.29) is 0 Å². The molecule has 0 aromatic rings. The van der Waals surface area contributed by atoms with Gasteiger partial charge in [0.25, 0.3) is 0 Å². The first-order valence-corrected chi connectivity index (χ1v) is 4.16. The van der Waals surface area contributed by atoms with Crippen LogP contribution in [0.3, 0.4) is 0 Å². The van der Waals surface area contributed by atoms with E-state index in [1.165, 1.54) is 6.20 Å². The summed E-state index contributed by atoms with van der Waals surface area (Å²) in [6.07, 6.45) is 5.38. The van der Waals surface area contributed by atoms with E-state index in [1.807, 2.05) is 13.1 Å². The van der Waals surface area contributed by atoms with E-state index in [4.69, 9.17) is 4.74 Å². The van der Waals surface area contributed by atoms with E-state index < -0.39 is 0 Å². The zero-order valence-corrected chi connectivity index (χ0v) is 7.79. The molecule has 0 radical (unpaired) electrons. The first-order chi connectivity index (χ1) is 5.85. The van der Waals surface area contributed by atoms with Crippen LogP contribution in [0.15, 0.2) is 22.1 Å². The number of unbranched alkanes of at least 4 members (excludes halogenated alkanes) is 1. The van der Waals surface area contributed by atoms with Crippen molar-refractivity contribution < 1.29 is 4.74 Å². The van der Waals surface area contributed by atoms with E-state index in [0.717, 1.165) is 12.8 Å². The van der Waals surface area contributed by atoms with E-state index in [9.17, 15) is 0 Å². The molecule has 0 heterocycles. The van der Waals surface area contributed by atoms with Crippen molar-refractivity contribution in [1.82, 2.24) is 0 Å². The first kappa shape index (κ1) is 10.9. The van der Waals surface area contributed by atoms with Gasteiger partial charge >= 0.3 is 0 Å². The molecule has 0 bridgehead atoms. The fourth-order valence-electron chi connectivity index (χ4n) is 0.617. The molecule has 0 spiro atoms. The van der Waals surface area contributed by atoms with Gasteiger partial charge in [-0.05, 0) is 20.1 Å². The normalized spacial score (nSPS) is 12.0. The van der Waals surface area contributed by atoms with Crippen molar-refractivity contribution in [2.75, 3.05) is 6.61 Å². The Morgan fingerprint density at radius 3 is 2.75 bits per heavy atom. The van der Waals surface area contributed by atoms with E-state index in [2.05, 4.69) is 23.6 Å². The second-order valence-corrected chi connectivity index (χ2v) is 2.18. The fourth-order valence-corrected chi connectivity index (χ4v) is 0.617. The Hall–Kier alpha value is -1.12. The molecular weight excluding hydrogens is 152 g/mol. The predicted octanol–water partition coefficient (Wildman–Crippen LogP) is 2.39. The Kier molecular flexibility index (Phi) is 7.24. The predicted molar refractivity (Wildman–Crippen MR) is 52.7 cm³/mol. The molecule has 0 aromatic carbocycles. The molecule has 0 atom stereocenters. The van der Waals surface area contributed by atoms with Gasteiger partial charge in [0.05, 0.1) is 12.8 Å². The number of rotatable bonds is 6. The molecule has 0 aliphatic heterocycles. The number of aliphatic imine (C=N–C) groups is 2. The highest BCUT2D eigenvalue weighted by atomic mass is 16.5. The summed E-state index contributed by atoms with van der Waals surface area (Å²) in [4.78, 5) is 7.66. The largest absolute Gasteiger partial charge is 0.477 e. The third-order valence-corrected chi connectivity index (χ3v) is 1.13. The van der Waals surface area contributed by atoms with Crippen molar-refractivity contribution >= 4 is 12.9 Å². The number of hydrogen-bond donors (Lipinski definition) is 0. The second-order valence-electron chi connectivity index (χ2n) is 2.18. The monoisotopic (exact) mass is 168 g/mol. The third kappa shape index (κ3) is 5.65.